The van der Waals surface area contributed by atoms with E-state index in [1.807, 2.05) is 0 Å². The highest BCUT2D eigenvalue weighted by Gasteiger charge is 2.38. The Labute approximate surface area is 81.7 Å². The first kappa shape index (κ1) is 8.97. The number of hydrogen-bond donors (Lipinski definition) is 1. The van der Waals surface area contributed by atoms with E-state index < -0.39 is 0 Å². The number of rotatable bonds is 2. The summed E-state index contributed by atoms with van der Waals surface area (Å²) in [5, 5.41) is 0.208. The van der Waals surface area contributed by atoms with Crippen LogP contribution in [-0.4, -0.2) is 6.54 Å². The van der Waals surface area contributed by atoms with Crippen LogP contribution >= 0.6 is 11.6 Å². The third kappa shape index (κ3) is 1.56. The first-order valence-corrected chi connectivity index (χ1v) is 4.75. The molecule has 13 heavy (non-hydrogen) atoms. The van der Waals surface area contributed by atoms with Gasteiger partial charge >= 0.3 is 0 Å². The van der Waals surface area contributed by atoms with Gasteiger partial charge in [-0.05, 0) is 36.4 Å². The quantitative estimate of drug-likeness (QED) is 0.779. The molecule has 1 aliphatic carbocycles. The summed E-state index contributed by atoms with van der Waals surface area (Å²) in [4.78, 5) is 0. The average molecular weight is 200 g/mol. The van der Waals surface area contributed by atoms with E-state index in [9.17, 15) is 4.39 Å². The Morgan fingerprint density at radius 1 is 1.54 bits per heavy atom. The fraction of sp³-hybridized carbons (Fsp3) is 0.400. The molecule has 0 saturated heterocycles. The van der Waals surface area contributed by atoms with Crippen molar-refractivity contribution in [2.75, 3.05) is 6.54 Å². The number of benzene rings is 1. The molecule has 0 unspecified atom stereocenters. The average Bonchev–Trinajstić information content (AvgIpc) is 2.89. The van der Waals surface area contributed by atoms with Crippen LogP contribution in [0.1, 0.15) is 17.9 Å². The maximum Gasteiger partial charge on any atom is 0.145 e. The van der Waals surface area contributed by atoms with Gasteiger partial charge in [-0.2, -0.15) is 0 Å². The molecule has 1 nitrogen and oxygen atoms in total. The Balaban J connectivity index is 2.27. The lowest BCUT2D eigenvalue weighted by Crippen LogP contribution is -2.02. The summed E-state index contributed by atoms with van der Waals surface area (Å²) >= 11 is 5.67. The van der Waals surface area contributed by atoms with Gasteiger partial charge in [0.15, 0.2) is 0 Å². The minimum absolute atomic E-state index is 0.208. The van der Waals surface area contributed by atoms with E-state index >= 15 is 0 Å². The van der Waals surface area contributed by atoms with E-state index in [2.05, 4.69) is 0 Å². The Morgan fingerprint density at radius 3 is 2.92 bits per heavy atom. The summed E-state index contributed by atoms with van der Waals surface area (Å²) in [6, 6.07) is 5.15. The first-order valence-electron chi connectivity index (χ1n) is 4.38. The fourth-order valence-electron chi connectivity index (χ4n) is 1.70. The van der Waals surface area contributed by atoms with Gasteiger partial charge in [0, 0.05) is 0 Å². The molecule has 0 spiro atoms. The van der Waals surface area contributed by atoms with E-state index in [4.69, 9.17) is 17.3 Å². The summed E-state index contributed by atoms with van der Waals surface area (Å²) < 4.78 is 13.4. The van der Waals surface area contributed by atoms with Crippen molar-refractivity contribution in [3.8, 4) is 0 Å². The molecule has 1 saturated carbocycles. The first-order chi connectivity index (χ1) is 6.24. The van der Waals surface area contributed by atoms with Crippen molar-refractivity contribution in [3.05, 3.63) is 34.6 Å². The molecule has 3 heteroatoms. The second kappa shape index (κ2) is 3.28. The van der Waals surface area contributed by atoms with Gasteiger partial charge in [-0.3, -0.25) is 0 Å². The Kier molecular flexibility index (Phi) is 2.26. The van der Waals surface area contributed by atoms with Gasteiger partial charge < -0.3 is 5.73 Å². The topological polar surface area (TPSA) is 26.0 Å². The lowest BCUT2D eigenvalue weighted by molar-refractivity contribution is 0.606. The molecule has 1 aromatic rings. The molecular weight excluding hydrogens is 189 g/mol. The third-order valence-electron chi connectivity index (χ3n) is 2.61. The monoisotopic (exact) mass is 199 g/mol. The highest BCUT2D eigenvalue weighted by molar-refractivity contribution is 6.30. The van der Waals surface area contributed by atoms with Crippen LogP contribution in [0.15, 0.2) is 18.2 Å². The zero-order valence-electron chi connectivity index (χ0n) is 7.13. The molecule has 0 radical (unpaired) electrons. The van der Waals surface area contributed by atoms with Crippen molar-refractivity contribution in [1.29, 1.82) is 0 Å². The van der Waals surface area contributed by atoms with Crippen molar-refractivity contribution in [2.45, 2.75) is 12.3 Å². The molecule has 0 aliphatic heterocycles. The van der Waals surface area contributed by atoms with Crippen molar-refractivity contribution in [3.63, 3.8) is 0 Å². The Morgan fingerprint density at radius 2 is 2.31 bits per heavy atom. The number of hydrogen-bond acceptors (Lipinski definition) is 1. The van der Waals surface area contributed by atoms with Gasteiger partial charge in [-0.1, -0.05) is 23.7 Å². The molecule has 0 bridgehead atoms. The predicted octanol–water partition coefficient (Wildman–Crippen LogP) is 2.54. The zero-order valence-corrected chi connectivity index (χ0v) is 7.89. The standard InChI is InChI=1S/C10H11ClFN/c11-9-3-1-2-7(10(9)12)8-4-6(8)5-13/h1-3,6,8H,4-5,13H2/t6-,8+/m0/s1. The van der Waals surface area contributed by atoms with Crippen LogP contribution in [0.25, 0.3) is 0 Å². The summed E-state index contributed by atoms with van der Waals surface area (Å²) in [6.07, 6.45) is 0.994. The number of nitrogens with two attached hydrogens (primary N) is 1. The van der Waals surface area contributed by atoms with Crippen molar-refractivity contribution < 1.29 is 4.39 Å². The summed E-state index contributed by atoms with van der Waals surface area (Å²) in [5.41, 5.74) is 6.22. The van der Waals surface area contributed by atoms with Gasteiger partial charge in [0.2, 0.25) is 0 Å². The molecule has 2 atom stereocenters. The van der Waals surface area contributed by atoms with Gasteiger partial charge in [0.1, 0.15) is 5.82 Å². The highest BCUT2D eigenvalue weighted by Crippen LogP contribution is 2.48. The molecule has 70 valence electrons. The summed E-state index contributed by atoms with van der Waals surface area (Å²) in [7, 11) is 0. The summed E-state index contributed by atoms with van der Waals surface area (Å²) in [5.74, 6) is 0.474. The lowest BCUT2D eigenvalue weighted by atomic mass is 10.1. The van der Waals surface area contributed by atoms with Crippen molar-refractivity contribution in [1.82, 2.24) is 0 Å². The fourth-order valence-corrected chi connectivity index (χ4v) is 1.88. The van der Waals surface area contributed by atoms with E-state index in [0.717, 1.165) is 12.0 Å². The molecule has 2 N–H and O–H groups in total. The Bertz CT molecular complexity index is 327. The minimum Gasteiger partial charge on any atom is -0.330 e. The SMILES string of the molecule is NC[C@@H]1C[C@H]1c1cccc(Cl)c1F. The van der Waals surface area contributed by atoms with Gasteiger partial charge in [-0.15, -0.1) is 0 Å². The normalized spacial score (nSPS) is 26.1. The molecule has 2 rings (SSSR count). The lowest BCUT2D eigenvalue weighted by Gasteiger charge is -2.02. The second-order valence-corrected chi connectivity index (χ2v) is 3.89. The molecular formula is C10H11ClFN. The van der Waals surface area contributed by atoms with Gasteiger partial charge in [-0.25, -0.2) is 4.39 Å². The predicted molar refractivity (Wildman–Crippen MR) is 51.3 cm³/mol. The van der Waals surface area contributed by atoms with Gasteiger partial charge in [0.05, 0.1) is 5.02 Å². The zero-order chi connectivity index (χ0) is 9.42. The van der Waals surface area contributed by atoms with E-state index in [-0.39, 0.29) is 10.8 Å². The molecule has 1 aliphatic rings. The smallest absolute Gasteiger partial charge is 0.145 e. The van der Waals surface area contributed by atoms with Crippen LogP contribution in [0.2, 0.25) is 5.02 Å². The molecule has 0 aromatic heterocycles. The van der Waals surface area contributed by atoms with Crippen LogP contribution in [-0.2, 0) is 0 Å². The van der Waals surface area contributed by atoms with Crippen LogP contribution in [0.3, 0.4) is 0 Å². The van der Waals surface area contributed by atoms with E-state index in [1.54, 1.807) is 18.2 Å². The molecule has 1 fully saturated rings. The molecule has 1 aromatic carbocycles. The van der Waals surface area contributed by atoms with E-state index in [0.29, 0.717) is 18.4 Å². The van der Waals surface area contributed by atoms with Crippen LogP contribution in [0.4, 0.5) is 4.39 Å². The maximum absolute atomic E-state index is 13.4. The van der Waals surface area contributed by atoms with Crippen molar-refractivity contribution in [2.24, 2.45) is 11.7 Å². The van der Waals surface area contributed by atoms with Crippen molar-refractivity contribution >= 4 is 11.6 Å². The minimum atomic E-state index is -0.273. The largest absolute Gasteiger partial charge is 0.330 e. The second-order valence-electron chi connectivity index (χ2n) is 3.48. The molecule has 0 heterocycles. The number of halogens is 2. The van der Waals surface area contributed by atoms with Gasteiger partial charge in [0.25, 0.3) is 0 Å². The third-order valence-corrected chi connectivity index (χ3v) is 2.90. The summed E-state index contributed by atoms with van der Waals surface area (Å²) in [6.45, 7) is 0.636. The maximum atomic E-state index is 13.4. The Hall–Kier alpha value is -0.600. The van der Waals surface area contributed by atoms with E-state index in [1.165, 1.54) is 0 Å². The van der Waals surface area contributed by atoms with Crippen LogP contribution < -0.4 is 5.73 Å². The molecule has 0 amide bonds. The van der Waals surface area contributed by atoms with Crippen LogP contribution in [0.5, 0.6) is 0 Å². The van der Waals surface area contributed by atoms with Crippen LogP contribution in [0, 0.1) is 11.7 Å². The highest BCUT2D eigenvalue weighted by atomic mass is 35.5.